The van der Waals surface area contributed by atoms with Crippen molar-refractivity contribution in [1.82, 2.24) is 9.55 Å². The van der Waals surface area contributed by atoms with Crippen LogP contribution >= 0.6 is 11.6 Å². The third-order valence-corrected chi connectivity index (χ3v) is 2.55. The molecule has 0 fully saturated rings. The first-order chi connectivity index (χ1) is 8.31. The van der Waals surface area contributed by atoms with Crippen LogP contribution < -0.4 is 5.32 Å². The Morgan fingerprint density at radius 2 is 2.35 bits per heavy atom. The number of rotatable bonds is 5. The van der Waals surface area contributed by atoms with Crippen molar-refractivity contribution >= 4 is 17.5 Å². The molecule has 1 heterocycles. The van der Waals surface area contributed by atoms with Gasteiger partial charge in [-0.15, -0.1) is 0 Å². The Bertz CT molecular complexity index is 484. The van der Waals surface area contributed by atoms with E-state index in [0.29, 0.717) is 18.2 Å². The zero-order valence-electron chi connectivity index (χ0n) is 9.56. The number of nitrogens with zero attached hydrogens (tertiary/aromatic N) is 2. The van der Waals surface area contributed by atoms with E-state index in [-0.39, 0.29) is 0 Å². The zero-order chi connectivity index (χ0) is 12.1. The van der Waals surface area contributed by atoms with Gasteiger partial charge in [0.25, 0.3) is 0 Å². The molecule has 5 heteroatoms. The summed E-state index contributed by atoms with van der Waals surface area (Å²) in [5.74, 6) is 0.782. The fourth-order valence-corrected chi connectivity index (χ4v) is 1.72. The first kappa shape index (κ1) is 12.0. The van der Waals surface area contributed by atoms with Crippen molar-refractivity contribution in [2.75, 3.05) is 25.6 Å². The molecule has 0 spiro atoms. The van der Waals surface area contributed by atoms with Gasteiger partial charge in [-0.1, -0.05) is 17.7 Å². The highest BCUT2D eigenvalue weighted by atomic mass is 35.5. The average molecular weight is 252 g/mol. The summed E-state index contributed by atoms with van der Waals surface area (Å²) in [6, 6.07) is 7.64. The number of hydrogen-bond donors (Lipinski definition) is 1. The van der Waals surface area contributed by atoms with Crippen molar-refractivity contribution in [3.05, 3.63) is 41.7 Å². The summed E-state index contributed by atoms with van der Waals surface area (Å²) in [6.45, 7) is 1.36. The summed E-state index contributed by atoms with van der Waals surface area (Å²) < 4.78 is 6.93. The largest absolute Gasteiger partial charge is 0.383 e. The molecule has 0 aliphatic heterocycles. The van der Waals surface area contributed by atoms with Gasteiger partial charge in [0, 0.05) is 36.8 Å². The number of hydrogen-bond acceptors (Lipinski definition) is 3. The van der Waals surface area contributed by atoms with Gasteiger partial charge in [0.2, 0.25) is 5.95 Å². The molecule has 1 aromatic carbocycles. The van der Waals surface area contributed by atoms with E-state index in [1.807, 2.05) is 35.0 Å². The molecular formula is C12H14ClN3O. The fourth-order valence-electron chi connectivity index (χ4n) is 1.53. The van der Waals surface area contributed by atoms with Gasteiger partial charge in [0.15, 0.2) is 0 Å². The molecule has 2 rings (SSSR count). The molecule has 0 unspecified atom stereocenters. The number of ether oxygens (including phenoxy) is 1. The summed E-state index contributed by atoms with van der Waals surface area (Å²) >= 11 is 5.97. The zero-order valence-corrected chi connectivity index (χ0v) is 10.3. The number of methoxy groups -OCH3 is 1. The topological polar surface area (TPSA) is 39.1 Å². The van der Waals surface area contributed by atoms with Gasteiger partial charge in [0.1, 0.15) is 0 Å². The Kier molecular flexibility index (Phi) is 4.01. The molecular weight excluding hydrogens is 238 g/mol. The average Bonchev–Trinajstić information content (AvgIpc) is 2.78. The van der Waals surface area contributed by atoms with Crippen LogP contribution in [0.4, 0.5) is 5.95 Å². The van der Waals surface area contributed by atoms with Gasteiger partial charge >= 0.3 is 0 Å². The van der Waals surface area contributed by atoms with Gasteiger partial charge in [-0.25, -0.2) is 4.98 Å². The normalized spacial score (nSPS) is 10.5. The van der Waals surface area contributed by atoms with Crippen LogP contribution in [0.5, 0.6) is 0 Å². The first-order valence-corrected chi connectivity index (χ1v) is 5.71. The molecule has 0 atom stereocenters. The number of halogens is 1. The van der Waals surface area contributed by atoms with Crippen LogP contribution in [-0.2, 0) is 4.74 Å². The molecule has 90 valence electrons. The van der Waals surface area contributed by atoms with E-state index in [1.54, 1.807) is 13.3 Å². The van der Waals surface area contributed by atoms with E-state index in [2.05, 4.69) is 10.3 Å². The Balaban J connectivity index is 2.18. The maximum atomic E-state index is 5.97. The number of nitrogens with one attached hydrogen (secondary N) is 1. The van der Waals surface area contributed by atoms with E-state index in [4.69, 9.17) is 16.3 Å². The second-order valence-corrected chi connectivity index (χ2v) is 3.96. The Labute approximate surface area is 105 Å². The summed E-state index contributed by atoms with van der Waals surface area (Å²) in [6.07, 6.45) is 3.64. The smallest absolute Gasteiger partial charge is 0.207 e. The quantitative estimate of drug-likeness (QED) is 0.831. The van der Waals surface area contributed by atoms with Gasteiger partial charge in [-0.3, -0.25) is 4.57 Å². The third-order valence-electron chi connectivity index (χ3n) is 2.32. The molecule has 0 radical (unpaired) electrons. The molecule has 0 bridgehead atoms. The van der Waals surface area contributed by atoms with Crippen LogP contribution in [0.25, 0.3) is 5.69 Å². The molecule has 0 aliphatic carbocycles. The minimum Gasteiger partial charge on any atom is -0.383 e. The van der Waals surface area contributed by atoms with Crippen LogP contribution in [0.1, 0.15) is 0 Å². The van der Waals surface area contributed by atoms with Gasteiger partial charge in [0.05, 0.1) is 6.61 Å². The molecule has 2 aromatic rings. The van der Waals surface area contributed by atoms with Crippen LogP contribution in [0.3, 0.4) is 0 Å². The lowest BCUT2D eigenvalue weighted by Crippen LogP contribution is -2.11. The minimum atomic E-state index is 0.641. The number of aromatic nitrogens is 2. The maximum Gasteiger partial charge on any atom is 0.207 e. The Morgan fingerprint density at radius 1 is 1.47 bits per heavy atom. The van der Waals surface area contributed by atoms with E-state index < -0.39 is 0 Å². The van der Waals surface area contributed by atoms with Crippen molar-refractivity contribution in [3.8, 4) is 5.69 Å². The lowest BCUT2D eigenvalue weighted by Gasteiger charge is -2.09. The van der Waals surface area contributed by atoms with E-state index in [9.17, 15) is 0 Å². The van der Waals surface area contributed by atoms with Gasteiger partial charge in [-0.2, -0.15) is 0 Å². The molecule has 4 nitrogen and oxygen atoms in total. The second kappa shape index (κ2) is 5.70. The van der Waals surface area contributed by atoms with Crippen LogP contribution in [0.2, 0.25) is 5.02 Å². The van der Waals surface area contributed by atoms with Crippen molar-refractivity contribution in [2.24, 2.45) is 0 Å². The van der Waals surface area contributed by atoms with Crippen molar-refractivity contribution in [2.45, 2.75) is 0 Å². The van der Waals surface area contributed by atoms with Crippen molar-refractivity contribution < 1.29 is 4.74 Å². The van der Waals surface area contributed by atoms with E-state index in [0.717, 1.165) is 11.6 Å². The standard InChI is InChI=1S/C12H14ClN3O/c1-17-8-6-15-12-14-5-7-16(12)11-4-2-3-10(13)9-11/h2-5,7,9H,6,8H2,1H3,(H,14,15). The van der Waals surface area contributed by atoms with E-state index in [1.165, 1.54) is 0 Å². The SMILES string of the molecule is COCCNc1nccn1-c1cccc(Cl)c1. The predicted octanol–water partition coefficient (Wildman–Crippen LogP) is 2.58. The van der Waals surface area contributed by atoms with Crippen molar-refractivity contribution in [1.29, 1.82) is 0 Å². The molecule has 0 aliphatic rings. The lowest BCUT2D eigenvalue weighted by atomic mass is 10.3. The number of benzene rings is 1. The summed E-state index contributed by atoms with van der Waals surface area (Å²) in [5.41, 5.74) is 0.981. The Morgan fingerprint density at radius 3 is 3.12 bits per heavy atom. The summed E-state index contributed by atoms with van der Waals surface area (Å²) in [7, 11) is 1.67. The van der Waals surface area contributed by atoms with Gasteiger partial charge < -0.3 is 10.1 Å². The third kappa shape index (κ3) is 2.99. The highest BCUT2D eigenvalue weighted by Crippen LogP contribution is 2.18. The Hall–Kier alpha value is -1.52. The van der Waals surface area contributed by atoms with E-state index >= 15 is 0 Å². The monoisotopic (exact) mass is 251 g/mol. The van der Waals surface area contributed by atoms with Crippen LogP contribution in [0, 0.1) is 0 Å². The molecule has 0 saturated heterocycles. The highest BCUT2D eigenvalue weighted by molar-refractivity contribution is 6.30. The van der Waals surface area contributed by atoms with Crippen LogP contribution in [0.15, 0.2) is 36.7 Å². The molecule has 0 amide bonds. The predicted molar refractivity (Wildman–Crippen MR) is 68.9 cm³/mol. The highest BCUT2D eigenvalue weighted by Gasteiger charge is 2.04. The molecule has 1 N–H and O–H groups in total. The second-order valence-electron chi connectivity index (χ2n) is 3.52. The number of imidazole rings is 1. The number of anilines is 1. The molecule has 0 saturated carbocycles. The summed E-state index contributed by atoms with van der Waals surface area (Å²) in [4.78, 5) is 4.25. The summed E-state index contributed by atoms with van der Waals surface area (Å²) in [5, 5.41) is 3.90. The fraction of sp³-hybridized carbons (Fsp3) is 0.250. The molecule has 17 heavy (non-hydrogen) atoms. The van der Waals surface area contributed by atoms with Gasteiger partial charge in [-0.05, 0) is 18.2 Å². The lowest BCUT2D eigenvalue weighted by molar-refractivity contribution is 0.210. The maximum absolute atomic E-state index is 5.97. The minimum absolute atomic E-state index is 0.641. The van der Waals surface area contributed by atoms with Crippen molar-refractivity contribution in [3.63, 3.8) is 0 Å². The first-order valence-electron chi connectivity index (χ1n) is 5.33. The molecule has 1 aromatic heterocycles. The van der Waals surface area contributed by atoms with Crippen LogP contribution in [-0.4, -0.2) is 29.8 Å².